The maximum Gasteiger partial charge on any atom is 0.338 e. The summed E-state index contributed by atoms with van der Waals surface area (Å²) in [5.41, 5.74) is -7.58. The molecule has 1 aromatic carbocycles. The van der Waals surface area contributed by atoms with Crippen molar-refractivity contribution in [3.8, 4) is 0 Å². The lowest BCUT2D eigenvalue weighted by Crippen LogP contribution is -2.74. The van der Waals surface area contributed by atoms with Crippen LogP contribution in [0.15, 0.2) is 30.3 Å². The first-order valence-corrected chi connectivity index (χ1v) is 16.0. The van der Waals surface area contributed by atoms with Gasteiger partial charge in [-0.15, -0.1) is 0 Å². The Kier molecular flexibility index (Phi) is 8.39. The first-order chi connectivity index (χ1) is 21.8. The van der Waals surface area contributed by atoms with Gasteiger partial charge in [0.05, 0.1) is 16.9 Å². The van der Waals surface area contributed by atoms with Crippen LogP contribution in [0.2, 0.25) is 0 Å². The Bertz CT molecular complexity index is 1500. The zero-order valence-corrected chi connectivity index (χ0v) is 28.1. The van der Waals surface area contributed by atoms with Gasteiger partial charge in [0.1, 0.15) is 30.5 Å². The molecule has 47 heavy (non-hydrogen) atoms. The number of aliphatic hydroxyl groups is 1. The molecule has 4 saturated carbocycles. The first kappa shape index (κ1) is 34.5. The molecule has 0 saturated heterocycles. The molecule has 0 aromatic heterocycles. The molecule has 4 fully saturated rings. The number of hydrogen-bond donors (Lipinski definition) is 1. The van der Waals surface area contributed by atoms with E-state index in [2.05, 4.69) is 0 Å². The van der Waals surface area contributed by atoms with Gasteiger partial charge in [0.15, 0.2) is 11.4 Å². The summed E-state index contributed by atoms with van der Waals surface area (Å²) in [6, 6.07) is 8.25. The predicted octanol–water partition coefficient (Wildman–Crippen LogP) is 3.35. The van der Waals surface area contributed by atoms with E-state index in [-0.39, 0.29) is 30.6 Å². The average molecular weight is 657 g/mol. The van der Waals surface area contributed by atoms with Gasteiger partial charge < -0.3 is 28.8 Å². The predicted molar refractivity (Wildman–Crippen MR) is 162 cm³/mol. The normalized spacial score (nSPS) is 39.6. The van der Waals surface area contributed by atoms with Crippen LogP contribution in [0.25, 0.3) is 0 Å². The number of hydrogen-bond acceptors (Lipinski definition) is 12. The second-order valence-corrected chi connectivity index (χ2v) is 14.8. The lowest BCUT2D eigenvalue weighted by Gasteiger charge is -2.62. The van der Waals surface area contributed by atoms with Gasteiger partial charge >= 0.3 is 29.8 Å². The van der Waals surface area contributed by atoms with E-state index in [1.54, 1.807) is 58.0 Å². The van der Waals surface area contributed by atoms with Crippen LogP contribution in [0.4, 0.5) is 0 Å². The summed E-state index contributed by atoms with van der Waals surface area (Å²) in [5.74, 6) is -6.57. The van der Waals surface area contributed by atoms with Crippen molar-refractivity contribution in [3.05, 3.63) is 35.9 Å². The van der Waals surface area contributed by atoms with Crippen LogP contribution < -0.4 is 0 Å². The first-order valence-electron chi connectivity index (χ1n) is 16.0. The van der Waals surface area contributed by atoms with E-state index >= 15 is 0 Å². The zero-order chi connectivity index (χ0) is 34.9. The van der Waals surface area contributed by atoms with Crippen molar-refractivity contribution in [3.63, 3.8) is 0 Å². The molecule has 5 rings (SSSR count). The van der Waals surface area contributed by atoms with Crippen molar-refractivity contribution in [1.29, 1.82) is 0 Å². The molecule has 0 amide bonds. The highest BCUT2D eigenvalue weighted by Gasteiger charge is 2.87. The number of ether oxygens (including phenoxy) is 5. The van der Waals surface area contributed by atoms with E-state index in [9.17, 15) is 33.9 Å². The molecule has 12 heteroatoms. The molecular weight excluding hydrogens is 612 g/mol. The van der Waals surface area contributed by atoms with Crippen LogP contribution in [0.5, 0.6) is 0 Å². The van der Waals surface area contributed by atoms with Gasteiger partial charge in [-0.1, -0.05) is 45.9 Å². The molecule has 1 N–H and O–H groups in total. The summed E-state index contributed by atoms with van der Waals surface area (Å²) in [5, 5.41) is 13.0. The largest absolute Gasteiger partial charge is 0.465 e. The van der Waals surface area contributed by atoms with Gasteiger partial charge in [-0.25, -0.2) is 4.79 Å². The number of fused-ring (bicyclic) bond motifs is 4. The molecule has 0 radical (unpaired) electrons. The van der Waals surface area contributed by atoms with Gasteiger partial charge in [-0.3, -0.25) is 24.0 Å². The minimum absolute atomic E-state index is 0.0377. The SMILES string of the molecule is CC(=O)OC[C@@]12C[C@@]3(OC(C)=O)C(=O)C(C)(C)C[C@H]3[C@]1(C)[C@@H](OC(C)=O)[C@@]1(O)C[C@H](C)[C@H](OC(=O)c3ccccc3)[C@@H]1[C@H]2OC(C)=O. The van der Waals surface area contributed by atoms with E-state index in [0.717, 1.165) is 0 Å². The van der Waals surface area contributed by atoms with Crippen molar-refractivity contribution in [1.82, 2.24) is 0 Å². The van der Waals surface area contributed by atoms with E-state index in [4.69, 9.17) is 23.7 Å². The van der Waals surface area contributed by atoms with E-state index < -0.39 is 100.0 Å². The number of rotatable bonds is 7. The summed E-state index contributed by atoms with van der Waals surface area (Å²) in [4.78, 5) is 79.0. The van der Waals surface area contributed by atoms with Crippen LogP contribution >= 0.6 is 0 Å². The fourth-order valence-corrected chi connectivity index (χ4v) is 9.88. The van der Waals surface area contributed by atoms with Crippen molar-refractivity contribution < 1.29 is 57.6 Å². The second kappa shape index (κ2) is 11.4. The van der Waals surface area contributed by atoms with E-state index in [1.807, 2.05) is 0 Å². The third kappa shape index (κ3) is 5.05. The number of carbonyl (C=O) groups excluding carboxylic acids is 6. The number of Topliss-reactive ketones (excluding diaryl/α,β-unsaturated/α-hetero) is 1. The topological polar surface area (TPSA) is 169 Å². The molecule has 0 bridgehead atoms. The van der Waals surface area contributed by atoms with Crippen LogP contribution in [0.1, 0.15) is 85.0 Å². The Labute approximate surface area is 273 Å². The average Bonchev–Trinajstić information content (AvgIpc) is 3.42. The van der Waals surface area contributed by atoms with Gasteiger partial charge in [0.25, 0.3) is 0 Å². The molecule has 1 aromatic rings. The second-order valence-electron chi connectivity index (χ2n) is 14.8. The Hall–Kier alpha value is -3.80. The summed E-state index contributed by atoms with van der Waals surface area (Å²) in [7, 11) is 0. The third-order valence-corrected chi connectivity index (χ3v) is 11.3. The summed E-state index contributed by atoms with van der Waals surface area (Å²) in [6.45, 7) is 11.3. The summed E-state index contributed by atoms with van der Waals surface area (Å²) in [6.07, 6.45) is -3.98. The Morgan fingerprint density at radius 2 is 1.47 bits per heavy atom. The van der Waals surface area contributed by atoms with Gasteiger partial charge in [-0.05, 0) is 30.9 Å². The summed E-state index contributed by atoms with van der Waals surface area (Å²) >= 11 is 0. The number of ketones is 1. The maximum atomic E-state index is 14.4. The lowest BCUT2D eigenvalue weighted by atomic mass is 9.46. The van der Waals surface area contributed by atoms with E-state index in [0.29, 0.717) is 0 Å². The van der Waals surface area contributed by atoms with Crippen molar-refractivity contribution in [2.24, 2.45) is 34.0 Å². The monoisotopic (exact) mass is 656 g/mol. The Morgan fingerprint density at radius 1 is 0.851 bits per heavy atom. The minimum Gasteiger partial charge on any atom is -0.465 e. The van der Waals surface area contributed by atoms with Gasteiger partial charge in [-0.2, -0.15) is 0 Å². The summed E-state index contributed by atoms with van der Waals surface area (Å²) < 4.78 is 30.1. The molecule has 0 heterocycles. The Balaban J connectivity index is 1.80. The third-order valence-electron chi connectivity index (χ3n) is 11.3. The molecular formula is C35H44O12. The van der Waals surface area contributed by atoms with Crippen LogP contribution in [0.3, 0.4) is 0 Å². The lowest BCUT2D eigenvalue weighted by molar-refractivity contribution is -0.295. The quantitative estimate of drug-likeness (QED) is 0.336. The molecule has 4 aliphatic rings. The standard InChI is InChI=1S/C35H44O12/c1-18-14-34(42)25(26(18)46-28(40)23-12-10-9-11-13-23)27(44-20(3)37)33(17-43-19(2)36)16-35(47-22(5)39)24(15-31(6,7)29(35)41)32(33,8)30(34)45-21(4)38/h9-13,18,24-27,30,42H,14-17H2,1-8H3/t18-,24-,25+,26-,27+,30+,32+,33+,34+,35-/m0/s1. The molecule has 0 unspecified atom stereocenters. The van der Waals surface area contributed by atoms with Gasteiger partial charge in [0.2, 0.25) is 0 Å². The number of esters is 5. The molecule has 256 valence electrons. The van der Waals surface area contributed by atoms with Gasteiger partial charge in [0, 0.05) is 50.9 Å². The minimum atomic E-state index is -1.97. The van der Waals surface area contributed by atoms with Crippen LogP contribution in [-0.2, 0) is 47.7 Å². The molecule has 12 nitrogen and oxygen atoms in total. The highest BCUT2D eigenvalue weighted by atomic mass is 16.6. The van der Waals surface area contributed by atoms with Crippen LogP contribution in [0, 0.1) is 34.0 Å². The smallest absolute Gasteiger partial charge is 0.338 e. The number of carbonyl (C=O) groups is 6. The Morgan fingerprint density at radius 3 is 2.02 bits per heavy atom. The van der Waals surface area contributed by atoms with Crippen molar-refractivity contribution in [2.75, 3.05) is 6.61 Å². The fourth-order valence-electron chi connectivity index (χ4n) is 9.88. The molecule has 0 spiro atoms. The van der Waals surface area contributed by atoms with Crippen LogP contribution in [-0.4, -0.2) is 76.9 Å². The van der Waals surface area contributed by atoms with E-state index in [1.165, 1.54) is 27.7 Å². The zero-order valence-electron chi connectivity index (χ0n) is 28.1. The van der Waals surface area contributed by atoms with Crippen molar-refractivity contribution in [2.45, 2.75) is 104 Å². The fraction of sp³-hybridized carbons (Fsp3) is 0.657. The molecule has 10 atom stereocenters. The molecule has 4 aliphatic carbocycles. The maximum absolute atomic E-state index is 14.4. The number of benzene rings is 1. The highest BCUT2D eigenvalue weighted by Crippen LogP contribution is 2.77. The molecule has 0 aliphatic heterocycles. The van der Waals surface area contributed by atoms with Crippen molar-refractivity contribution >= 4 is 35.6 Å². The highest BCUT2D eigenvalue weighted by molar-refractivity contribution is 5.97.